The van der Waals surface area contributed by atoms with Crippen LogP contribution in [-0.4, -0.2) is 30.4 Å². The zero-order valence-corrected chi connectivity index (χ0v) is 11.7. The highest BCUT2D eigenvalue weighted by Gasteiger charge is 2.29. The van der Waals surface area contributed by atoms with Gasteiger partial charge in [0.05, 0.1) is 5.56 Å². The van der Waals surface area contributed by atoms with Crippen LogP contribution in [0, 0.1) is 6.92 Å². The number of aryl methyl sites for hydroxylation is 1. The molecule has 0 aliphatic carbocycles. The van der Waals surface area contributed by atoms with E-state index in [4.69, 9.17) is 4.74 Å². The van der Waals surface area contributed by atoms with Crippen molar-refractivity contribution in [3.05, 3.63) is 28.8 Å². The standard InChI is InChI=1S/C16H21NO2/c1-11-6-7-13-14(18)10-19-16(13)15(11)12(2)17-8-4-3-5-9-17/h6-7,12H,3-5,8-10H2,1-2H3. The molecule has 3 nitrogen and oxygen atoms in total. The number of benzene rings is 1. The Morgan fingerprint density at radius 3 is 2.68 bits per heavy atom. The number of hydrogen-bond donors (Lipinski definition) is 0. The van der Waals surface area contributed by atoms with E-state index in [-0.39, 0.29) is 12.4 Å². The van der Waals surface area contributed by atoms with E-state index in [0.29, 0.717) is 6.04 Å². The Labute approximate surface area is 114 Å². The SMILES string of the molecule is Cc1ccc2c(c1C(C)N1CCCCC1)OCC2=O. The number of ketones is 1. The summed E-state index contributed by atoms with van der Waals surface area (Å²) in [5.74, 6) is 0.949. The number of carbonyl (C=O) groups is 1. The van der Waals surface area contributed by atoms with Crippen molar-refractivity contribution < 1.29 is 9.53 Å². The molecule has 3 heteroatoms. The maximum atomic E-state index is 11.8. The first-order valence-corrected chi connectivity index (χ1v) is 7.22. The molecule has 102 valence electrons. The van der Waals surface area contributed by atoms with Crippen LogP contribution >= 0.6 is 0 Å². The van der Waals surface area contributed by atoms with Crippen molar-refractivity contribution in [1.82, 2.24) is 4.90 Å². The van der Waals surface area contributed by atoms with Crippen molar-refractivity contribution in [3.63, 3.8) is 0 Å². The van der Waals surface area contributed by atoms with E-state index < -0.39 is 0 Å². The van der Waals surface area contributed by atoms with Gasteiger partial charge in [0.15, 0.2) is 6.61 Å². The minimum atomic E-state index is 0.113. The summed E-state index contributed by atoms with van der Waals surface area (Å²) < 4.78 is 5.66. The Bertz CT molecular complexity index is 504. The van der Waals surface area contributed by atoms with Gasteiger partial charge in [0, 0.05) is 11.6 Å². The Balaban J connectivity index is 1.97. The molecular formula is C16H21NO2. The smallest absolute Gasteiger partial charge is 0.203 e. The number of piperidine rings is 1. The van der Waals surface area contributed by atoms with E-state index in [1.54, 1.807) is 0 Å². The molecule has 0 aromatic heterocycles. The van der Waals surface area contributed by atoms with Crippen molar-refractivity contribution in [2.75, 3.05) is 19.7 Å². The summed E-state index contributed by atoms with van der Waals surface area (Å²) in [6.45, 7) is 6.86. The maximum absolute atomic E-state index is 11.8. The molecular weight excluding hydrogens is 238 g/mol. The van der Waals surface area contributed by atoms with Crippen molar-refractivity contribution in [1.29, 1.82) is 0 Å². The molecule has 0 bridgehead atoms. The first kappa shape index (κ1) is 12.7. The minimum Gasteiger partial charge on any atom is -0.484 e. The molecule has 1 unspecified atom stereocenters. The third-order valence-electron chi connectivity index (χ3n) is 4.42. The topological polar surface area (TPSA) is 29.5 Å². The zero-order chi connectivity index (χ0) is 13.4. The van der Waals surface area contributed by atoms with E-state index in [9.17, 15) is 4.79 Å². The predicted octanol–water partition coefficient (Wildman–Crippen LogP) is 3.12. The number of likely N-dealkylation sites (tertiary alicyclic amines) is 1. The second-order valence-corrected chi connectivity index (χ2v) is 5.66. The normalized spacial score (nSPS) is 21.1. The maximum Gasteiger partial charge on any atom is 0.203 e. The summed E-state index contributed by atoms with van der Waals surface area (Å²) in [5.41, 5.74) is 3.21. The highest BCUT2D eigenvalue weighted by Crippen LogP contribution is 2.38. The van der Waals surface area contributed by atoms with Crippen molar-refractivity contribution in [2.45, 2.75) is 39.2 Å². The average Bonchev–Trinajstić information content (AvgIpc) is 2.80. The summed E-state index contributed by atoms with van der Waals surface area (Å²) in [7, 11) is 0. The molecule has 1 aromatic carbocycles. The molecule has 1 saturated heterocycles. The Morgan fingerprint density at radius 1 is 1.21 bits per heavy atom. The van der Waals surface area contributed by atoms with Gasteiger partial charge in [-0.3, -0.25) is 9.69 Å². The van der Waals surface area contributed by atoms with Crippen molar-refractivity contribution >= 4 is 5.78 Å². The summed E-state index contributed by atoms with van der Waals surface area (Å²) in [6.07, 6.45) is 3.89. The van der Waals surface area contributed by atoms with Gasteiger partial charge in [-0.1, -0.05) is 12.5 Å². The van der Waals surface area contributed by atoms with E-state index in [0.717, 1.165) is 24.4 Å². The molecule has 1 atom stereocenters. The van der Waals surface area contributed by atoms with Gasteiger partial charge < -0.3 is 4.74 Å². The van der Waals surface area contributed by atoms with Gasteiger partial charge in [-0.15, -0.1) is 0 Å². The summed E-state index contributed by atoms with van der Waals surface area (Å²) in [4.78, 5) is 14.3. The summed E-state index contributed by atoms with van der Waals surface area (Å²) in [5, 5.41) is 0. The molecule has 3 rings (SSSR count). The van der Waals surface area contributed by atoms with Crippen LogP contribution in [-0.2, 0) is 0 Å². The van der Waals surface area contributed by atoms with E-state index >= 15 is 0 Å². The van der Waals surface area contributed by atoms with Gasteiger partial charge in [0.25, 0.3) is 0 Å². The third-order valence-corrected chi connectivity index (χ3v) is 4.42. The van der Waals surface area contributed by atoms with Crippen LogP contribution in [0.4, 0.5) is 0 Å². The van der Waals surface area contributed by atoms with Gasteiger partial charge in [-0.2, -0.15) is 0 Å². The van der Waals surface area contributed by atoms with E-state index in [1.807, 2.05) is 6.07 Å². The van der Waals surface area contributed by atoms with Crippen LogP contribution in [0.3, 0.4) is 0 Å². The van der Waals surface area contributed by atoms with Gasteiger partial charge in [-0.25, -0.2) is 0 Å². The molecule has 19 heavy (non-hydrogen) atoms. The average molecular weight is 259 g/mol. The van der Waals surface area contributed by atoms with E-state index in [2.05, 4.69) is 24.8 Å². The minimum absolute atomic E-state index is 0.113. The highest BCUT2D eigenvalue weighted by atomic mass is 16.5. The number of Topliss-reactive ketones (excluding diaryl/α,β-unsaturated/α-hetero) is 1. The predicted molar refractivity (Wildman–Crippen MR) is 74.8 cm³/mol. The number of hydrogen-bond acceptors (Lipinski definition) is 3. The van der Waals surface area contributed by atoms with Crippen LogP contribution in [0.25, 0.3) is 0 Å². The molecule has 0 N–H and O–H groups in total. The van der Waals surface area contributed by atoms with Crippen molar-refractivity contribution in [3.8, 4) is 5.75 Å². The lowest BCUT2D eigenvalue weighted by Gasteiger charge is -2.33. The lowest BCUT2D eigenvalue weighted by atomic mass is 9.95. The first-order chi connectivity index (χ1) is 9.18. The zero-order valence-electron chi connectivity index (χ0n) is 11.7. The molecule has 1 aromatic rings. The molecule has 1 fully saturated rings. The van der Waals surface area contributed by atoms with Crippen LogP contribution in [0.1, 0.15) is 53.7 Å². The van der Waals surface area contributed by atoms with Gasteiger partial charge in [0.2, 0.25) is 5.78 Å². The third kappa shape index (κ3) is 2.16. The number of fused-ring (bicyclic) bond motifs is 1. The number of nitrogens with zero attached hydrogens (tertiary/aromatic N) is 1. The quantitative estimate of drug-likeness (QED) is 0.817. The fourth-order valence-corrected chi connectivity index (χ4v) is 3.30. The molecule has 2 aliphatic heterocycles. The van der Waals surface area contributed by atoms with Gasteiger partial charge in [0.1, 0.15) is 5.75 Å². The van der Waals surface area contributed by atoms with Crippen molar-refractivity contribution in [2.24, 2.45) is 0 Å². The first-order valence-electron chi connectivity index (χ1n) is 7.22. The lowest BCUT2D eigenvalue weighted by Crippen LogP contribution is -2.32. The van der Waals surface area contributed by atoms with Gasteiger partial charge in [-0.05, 0) is 51.4 Å². The second kappa shape index (κ2) is 4.97. The molecule has 0 spiro atoms. The molecule has 0 amide bonds. The number of rotatable bonds is 2. The number of ether oxygens (including phenoxy) is 1. The molecule has 2 aliphatic rings. The molecule has 0 saturated carbocycles. The Kier molecular flexibility index (Phi) is 3.31. The summed E-state index contributed by atoms with van der Waals surface area (Å²) in [6, 6.07) is 4.30. The highest BCUT2D eigenvalue weighted by molar-refractivity contribution is 6.02. The lowest BCUT2D eigenvalue weighted by molar-refractivity contribution is 0.0960. The molecule has 2 heterocycles. The van der Waals surface area contributed by atoms with Gasteiger partial charge >= 0.3 is 0 Å². The van der Waals surface area contributed by atoms with Crippen LogP contribution < -0.4 is 4.74 Å². The second-order valence-electron chi connectivity index (χ2n) is 5.66. The Hall–Kier alpha value is -1.35. The fraction of sp³-hybridized carbons (Fsp3) is 0.562. The van der Waals surface area contributed by atoms with E-state index in [1.165, 1.54) is 30.4 Å². The number of carbonyl (C=O) groups excluding carboxylic acids is 1. The Morgan fingerprint density at radius 2 is 1.95 bits per heavy atom. The van der Waals surface area contributed by atoms with Crippen LogP contribution in [0.5, 0.6) is 5.75 Å². The van der Waals surface area contributed by atoms with Crippen LogP contribution in [0.15, 0.2) is 12.1 Å². The van der Waals surface area contributed by atoms with Crippen LogP contribution in [0.2, 0.25) is 0 Å². The summed E-state index contributed by atoms with van der Waals surface area (Å²) >= 11 is 0. The molecule has 0 radical (unpaired) electrons. The monoisotopic (exact) mass is 259 g/mol. The fourth-order valence-electron chi connectivity index (χ4n) is 3.30. The largest absolute Gasteiger partial charge is 0.484 e.